The van der Waals surface area contributed by atoms with E-state index in [2.05, 4.69) is 11.8 Å². The van der Waals surface area contributed by atoms with Gasteiger partial charge in [-0.3, -0.25) is 14.9 Å². The van der Waals surface area contributed by atoms with Gasteiger partial charge in [0.25, 0.3) is 11.6 Å². The summed E-state index contributed by atoms with van der Waals surface area (Å²) in [7, 11) is 1.67. The van der Waals surface area contributed by atoms with Crippen LogP contribution in [0.15, 0.2) is 42.5 Å². The first-order valence-electron chi connectivity index (χ1n) is 8.60. The first-order chi connectivity index (χ1) is 12.9. The highest BCUT2D eigenvalue weighted by molar-refractivity contribution is 6.34. The number of hydrogen-bond donors (Lipinski definition) is 0. The van der Waals surface area contributed by atoms with Crippen molar-refractivity contribution in [3.05, 3.63) is 63.2 Å². The second-order valence-electron chi connectivity index (χ2n) is 6.35. The number of hydrogen-bond acceptors (Lipinski definition) is 5. The molecule has 1 amide bonds. The van der Waals surface area contributed by atoms with Crippen LogP contribution in [0, 0.1) is 10.1 Å². The molecule has 7 nitrogen and oxygen atoms in total. The van der Waals surface area contributed by atoms with Crippen LogP contribution >= 0.6 is 11.6 Å². The molecule has 1 atom stereocenters. The van der Waals surface area contributed by atoms with Crippen LogP contribution in [0.25, 0.3) is 0 Å². The van der Waals surface area contributed by atoms with E-state index in [9.17, 15) is 14.9 Å². The minimum absolute atomic E-state index is 0.0612. The third-order valence-corrected chi connectivity index (χ3v) is 4.84. The smallest absolute Gasteiger partial charge is 0.270 e. The molecule has 0 N–H and O–H groups in total. The summed E-state index contributed by atoms with van der Waals surface area (Å²) in [5, 5.41) is 10.9. The maximum Gasteiger partial charge on any atom is 0.270 e. The number of benzene rings is 2. The van der Waals surface area contributed by atoms with Gasteiger partial charge in [-0.15, -0.1) is 0 Å². The average Bonchev–Trinajstić information content (AvgIpc) is 2.66. The Kier molecular flexibility index (Phi) is 5.51. The van der Waals surface area contributed by atoms with Gasteiger partial charge in [0.1, 0.15) is 11.9 Å². The fourth-order valence-corrected chi connectivity index (χ4v) is 3.41. The van der Waals surface area contributed by atoms with E-state index >= 15 is 0 Å². The summed E-state index contributed by atoms with van der Waals surface area (Å²) in [6, 6.07) is 11.7. The molecule has 2 aromatic rings. The van der Waals surface area contributed by atoms with Crippen LogP contribution in [-0.4, -0.2) is 48.5 Å². The zero-order valence-corrected chi connectivity index (χ0v) is 15.8. The zero-order valence-electron chi connectivity index (χ0n) is 15.1. The molecule has 1 heterocycles. The SMILES string of the molecule is CCN1C[C@@H](CN(C)C(=O)c2ccc([N+](=O)[O-])cc2Cl)Oc2ccccc21. The van der Waals surface area contributed by atoms with Crippen molar-refractivity contribution in [2.45, 2.75) is 13.0 Å². The summed E-state index contributed by atoms with van der Waals surface area (Å²) in [6.45, 7) is 3.95. The molecule has 0 spiro atoms. The Morgan fingerprint density at radius 1 is 1.37 bits per heavy atom. The fraction of sp³-hybridized carbons (Fsp3) is 0.316. The molecule has 0 bridgehead atoms. The lowest BCUT2D eigenvalue weighted by atomic mass is 10.1. The Balaban J connectivity index is 1.73. The number of anilines is 1. The van der Waals surface area contributed by atoms with Crippen molar-refractivity contribution in [2.75, 3.05) is 31.6 Å². The molecule has 142 valence electrons. The summed E-state index contributed by atoms with van der Waals surface area (Å²) in [5.74, 6) is 0.491. The predicted octanol–water partition coefficient (Wildman–Crippen LogP) is 3.61. The van der Waals surface area contributed by atoms with E-state index in [1.54, 1.807) is 7.05 Å². The summed E-state index contributed by atoms with van der Waals surface area (Å²) in [4.78, 5) is 26.7. The fourth-order valence-electron chi connectivity index (χ4n) is 3.16. The number of nitro benzene ring substituents is 1. The number of likely N-dealkylation sites (N-methyl/N-ethyl adjacent to an activating group) is 2. The Morgan fingerprint density at radius 2 is 2.11 bits per heavy atom. The molecule has 0 aromatic heterocycles. The van der Waals surface area contributed by atoms with Crippen molar-refractivity contribution in [1.29, 1.82) is 0 Å². The van der Waals surface area contributed by atoms with Gasteiger partial charge in [-0.25, -0.2) is 0 Å². The van der Waals surface area contributed by atoms with Crippen molar-refractivity contribution in [3.8, 4) is 5.75 Å². The lowest BCUT2D eigenvalue weighted by Gasteiger charge is -2.37. The number of rotatable bonds is 5. The monoisotopic (exact) mass is 389 g/mol. The van der Waals surface area contributed by atoms with Gasteiger partial charge in [-0.2, -0.15) is 0 Å². The maximum atomic E-state index is 12.7. The van der Waals surface area contributed by atoms with Crippen LogP contribution in [-0.2, 0) is 0 Å². The van der Waals surface area contributed by atoms with E-state index in [1.165, 1.54) is 23.1 Å². The van der Waals surface area contributed by atoms with Crippen molar-refractivity contribution >= 4 is 28.9 Å². The van der Waals surface area contributed by atoms with E-state index in [1.807, 2.05) is 24.3 Å². The lowest BCUT2D eigenvalue weighted by molar-refractivity contribution is -0.384. The summed E-state index contributed by atoms with van der Waals surface area (Å²) in [6.07, 6.45) is -0.189. The molecule has 0 fully saturated rings. The van der Waals surface area contributed by atoms with E-state index in [4.69, 9.17) is 16.3 Å². The number of carbonyl (C=O) groups excluding carboxylic acids is 1. The molecule has 2 aromatic carbocycles. The first kappa shape index (κ1) is 19.0. The third kappa shape index (κ3) is 3.98. The van der Waals surface area contributed by atoms with Crippen LogP contribution in [0.3, 0.4) is 0 Å². The molecule has 0 unspecified atom stereocenters. The predicted molar refractivity (Wildman–Crippen MR) is 104 cm³/mol. The molecule has 0 saturated heterocycles. The molecular weight excluding hydrogens is 370 g/mol. The normalized spacial score (nSPS) is 15.7. The molecule has 8 heteroatoms. The van der Waals surface area contributed by atoms with E-state index in [0.717, 1.165) is 18.0 Å². The van der Waals surface area contributed by atoms with E-state index in [0.29, 0.717) is 13.1 Å². The number of fused-ring (bicyclic) bond motifs is 1. The largest absolute Gasteiger partial charge is 0.485 e. The van der Waals surface area contributed by atoms with Gasteiger partial charge in [0.2, 0.25) is 0 Å². The van der Waals surface area contributed by atoms with Gasteiger partial charge in [0.05, 0.1) is 34.3 Å². The Bertz CT molecular complexity index is 874. The van der Waals surface area contributed by atoms with Gasteiger partial charge in [-0.05, 0) is 25.1 Å². The number of ether oxygens (including phenoxy) is 1. The molecule has 0 saturated carbocycles. The molecule has 1 aliphatic rings. The first-order valence-corrected chi connectivity index (χ1v) is 8.98. The molecular formula is C19H20ClN3O4. The minimum Gasteiger partial charge on any atom is -0.485 e. The van der Waals surface area contributed by atoms with Gasteiger partial charge in [0, 0.05) is 25.7 Å². The Morgan fingerprint density at radius 3 is 2.78 bits per heavy atom. The molecule has 1 aliphatic heterocycles. The van der Waals surface area contributed by atoms with Crippen LogP contribution in [0.1, 0.15) is 17.3 Å². The Hall–Kier alpha value is -2.80. The minimum atomic E-state index is -0.545. The summed E-state index contributed by atoms with van der Waals surface area (Å²) >= 11 is 6.08. The number of non-ortho nitro benzene ring substituents is 1. The van der Waals surface area contributed by atoms with Crippen molar-refractivity contribution < 1.29 is 14.5 Å². The van der Waals surface area contributed by atoms with E-state index in [-0.39, 0.29) is 28.3 Å². The lowest BCUT2D eigenvalue weighted by Crippen LogP contribution is -2.46. The summed E-state index contributed by atoms with van der Waals surface area (Å²) < 4.78 is 6.04. The molecule has 0 radical (unpaired) electrons. The van der Waals surface area contributed by atoms with Crippen LogP contribution in [0.2, 0.25) is 5.02 Å². The molecule has 0 aliphatic carbocycles. The van der Waals surface area contributed by atoms with Gasteiger partial charge in [-0.1, -0.05) is 23.7 Å². The second kappa shape index (κ2) is 7.84. The molecule has 3 rings (SSSR count). The maximum absolute atomic E-state index is 12.7. The average molecular weight is 390 g/mol. The van der Waals surface area contributed by atoms with Gasteiger partial charge in [0.15, 0.2) is 0 Å². The van der Waals surface area contributed by atoms with Crippen molar-refractivity contribution in [1.82, 2.24) is 4.90 Å². The highest BCUT2D eigenvalue weighted by Gasteiger charge is 2.27. The van der Waals surface area contributed by atoms with E-state index < -0.39 is 4.92 Å². The second-order valence-corrected chi connectivity index (χ2v) is 6.76. The topological polar surface area (TPSA) is 75.9 Å². The number of amides is 1. The van der Waals surface area contributed by atoms with Crippen molar-refractivity contribution in [2.24, 2.45) is 0 Å². The highest BCUT2D eigenvalue weighted by atomic mass is 35.5. The van der Waals surface area contributed by atoms with Crippen molar-refractivity contribution in [3.63, 3.8) is 0 Å². The highest BCUT2D eigenvalue weighted by Crippen LogP contribution is 2.33. The standard InChI is InChI=1S/C19H20ClN3O4/c1-3-22-12-14(27-18-7-5-4-6-17(18)22)11-21(2)19(24)15-9-8-13(23(25)26)10-16(15)20/h4-10,14H,3,11-12H2,1-2H3/t14-/m1/s1. The Labute approximate surface area is 162 Å². The zero-order chi connectivity index (χ0) is 19.6. The number of para-hydroxylation sites is 2. The van der Waals surface area contributed by atoms with Crippen LogP contribution in [0.4, 0.5) is 11.4 Å². The number of nitrogens with zero attached hydrogens (tertiary/aromatic N) is 3. The van der Waals surface area contributed by atoms with Gasteiger partial charge >= 0.3 is 0 Å². The quantitative estimate of drug-likeness (QED) is 0.576. The number of carbonyl (C=O) groups is 1. The van der Waals surface area contributed by atoms with Crippen LogP contribution in [0.5, 0.6) is 5.75 Å². The number of nitro groups is 1. The third-order valence-electron chi connectivity index (χ3n) is 4.52. The number of halogens is 1. The van der Waals surface area contributed by atoms with Gasteiger partial charge < -0.3 is 14.5 Å². The van der Waals surface area contributed by atoms with Crippen LogP contribution < -0.4 is 9.64 Å². The summed E-state index contributed by atoms with van der Waals surface area (Å²) in [5.41, 5.74) is 1.13. The molecule has 27 heavy (non-hydrogen) atoms.